The molecule has 1 saturated carbocycles. The van der Waals surface area contributed by atoms with Crippen molar-refractivity contribution in [3.63, 3.8) is 0 Å². The lowest BCUT2D eigenvalue weighted by Gasteiger charge is -2.29. The highest BCUT2D eigenvalue weighted by atomic mass is 16.3. The molecule has 0 amide bonds. The van der Waals surface area contributed by atoms with E-state index < -0.39 is 0 Å². The average Bonchev–Trinajstić information content (AvgIpc) is 2.44. The summed E-state index contributed by atoms with van der Waals surface area (Å²) in [4.78, 5) is 2.47. The third-order valence-electron chi connectivity index (χ3n) is 3.89. The van der Waals surface area contributed by atoms with Crippen LogP contribution in [0.5, 0.6) is 0 Å². The van der Waals surface area contributed by atoms with Crippen LogP contribution in [0.2, 0.25) is 0 Å². The molecule has 1 aliphatic rings. The van der Waals surface area contributed by atoms with Crippen LogP contribution < -0.4 is 0 Å². The Hall–Kier alpha value is -0.0800. The number of hydrogen-bond acceptors (Lipinski definition) is 2. The second kappa shape index (κ2) is 5.31. The minimum atomic E-state index is -0.108. The number of hydrogen-bond donors (Lipinski definition) is 1. The minimum absolute atomic E-state index is 0.108. The molecule has 0 bridgehead atoms. The molecule has 90 valence electrons. The Kier molecular flexibility index (Phi) is 4.60. The normalized spacial score (nSPS) is 30.0. The second-order valence-electron chi connectivity index (χ2n) is 5.63. The van der Waals surface area contributed by atoms with Crippen molar-refractivity contribution in [2.45, 2.75) is 53.1 Å². The van der Waals surface area contributed by atoms with E-state index in [0.29, 0.717) is 5.92 Å². The van der Waals surface area contributed by atoms with Crippen molar-refractivity contribution in [3.8, 4) is 0 Å². The number of rotatable bonds is 5. The quantitative estimate of drug-likeness (QED) is 0.758. The molecule has 0 aromatic rings. The Labute approximate surface area is 94.7 Å². The fourth-order valence-corrected chi connectivity index (χ4v) is 2.72. The summed E-state index contributed by atoms with van der Waals surface area (Å²) in [6, 6.07) is 0. The van der Waals surface area contributed by atoms with Crippen LogP contribution in [0.1, 0.15) is 47.0 Å². The first kappa shape index (κ1) is 13.0. The van der Waals surface area contributed by atoms with E-state index in [2.05, 4.69) is 32.6 Å². The fraction of sp³-hybridized carbons (Fsp3) is 1.00. The molecular formula is C13H27NO. The largest absolute Gasteiger partial charge is 0.392 e. The zero-order chi connectivity index (χ0) is 11.5. The monoisotopic (exact) mass is 213 g/mol. The Morgan fingerprint density at radius 2 is 2.00 bits per heavy atom. The van der Waals surface area contributed by atoms with Crippen molar-refractivity contribution in [2.24, 2.45) is 11.3 Å². The second-order valence-corrected chi connectivity index (χ2v) is 5.63. The van der Waals surface area contributed by atoms with Crippen LogP contribution >= 0.6 is 0 Å². The van der Waals surface area contributed by atoms with E-state index in [0.717, 1.165) is 13.1 Å². The Morgan fingerprint density at radius 1 is 1.33 bits per heavy atom. The van der Waals surface area contributed by atoms with Crippen LogP contribution in [0.25, 0.3) is 0 Å². The maximum absolute atomic E-state index is 10.2. The fourth-order valence-electron chi connectivity index (χ4n) is 2.72. The summed E-state index contributed by atoms with van der Waals surface area (Å²) in [6.45, 7) is 12.2. The lowest BCUT2D eigenvalue weighted by atomic mass is 9.87. The summed E-state index contributed by atoms with van der Waals surface area (Å²) in [7, 11) is 0. The minimum Gasteiger partial charge on any atom is -0.392 e. The van der Waals surface area contributed by atoms with Gasteiger partial charge in [0.1, 0.15) is 0 Å². The van der Waals surface area contributed by atoms with E-state index in [1.54, 1.807) is 0 Å². The van der Waals surface area contributed by atoms with Gasteiger partial charge in [-0.25, -0.2) is 0 Å². The maximum Gasteiger partial charge on any atom is 0.0631 e. The molecule has 0 aromatic heterocycles. The molecule has 2 heteroatoms. The van der Waals surface area contributed by atoms with Crippen molar-refractivity contribution in [2.75, 3.05) is 19.6 Å². The topological polar surface area (TPSA) is 23.5 Å². The molecule has 0 heterocycles. The maximum atomic E-state index is 10.2. The average molecular weight is 213 g/mol. The lowest BCUT2D eigenvalue weighted by Crippen LogP contribution is -2.36. The summed E-state index contributed by atoms with van der Waals surface area (Å²) >= 11 is 0. The number of nitrogens with zero attached hydrogens (tertiary/aromatic N) is 1. The van der Waals surface area contributed by atoms with Crippen molar-refractivity contribution in [1.29, 1.82) is 0 Å². The molecular weight excluding hydrogens is 186 g/mol. The number of aliphatic hydroxyl groups excluding tert-OH is 1. The van der Waals surface area contributed by atoms with Crippen molar-refractivity contribution >= 4 is 0 Å². The van der Waals surface area contributed by atoms with Gasteiger partial charge < -0.3 is 10.0 Å². The predicted molar refractivity (Wildman–Crippen MR) is 64.9 cm³/mol. The Balaban J connectivity index is 2.45. The van der Waals surface area contributed by atoms with Gasteiger partial charge in [-0.05, 0) is 43.7 Å². The smallest absolute Gasteiger partial charge is 0.0631 e. The molecule has 1 aliphatic carbocycles. The van der Waals surface area contributed by atoms with Gasteiger partial charge in [-0.3, -0.25) is 0 Å². The van der Waals surface area contributed by atoms with Crippen molar-refractivity contribution in [3.05, 3.63) is 0 Å². The molecule has 0 aliphatic heterocycles. The van der Waals surface area contributed by atoms with Gasteiger partial charge in [0.25, 0.3) is 0 Å². The zero-order valence-electron chi connectivity index (χ0n) is 10.8. The third kappa shape index (κ3) is 3.18. The summed E-state index contributed by atoms with van der Waals surface area (Å²) in [5.41, 5.74) is 0.135. The van der Waals surface area contributed by atoms with Gasteiger partial charge in [-0.15, -0.1) is 0 Å². The molecule has 0 saturated heterocycles. The summed E-state index contributed by atoms with van der Waals surface area (Å²) in [5.74, 6) is 0.492. The lowest BCUT2D eigenvalue weighted by molar-refractivity contribution is 0.0332. The van der Waals surface area contributed by atoms with Gasteiger partial charge in [-0.2, -0.15) is 0 Å². The molecule has 1 rings (SSSR count). The molecule has 2 atom stereocenters. The highest BCUT2D eigenvalue weighted by molar-refractivity contribution is 4.92. The Morgan fingerprint density at radius 3 is 2.40 bits per heavy atom. The number of aliphatic hydroxyl groups is 1. The van der Waals surface area contributed by atoms with Crippen LogP contribution in [-0.4, -0.2) is 35.7 Å². The molecule has 0 aromatic carbocycles. The first-order valence-electron chi connectivity index (χ1n) is 6.41. The van der Waals surface area contributed by atoms with Gasteiger partial charge in [0.2, 0.25) is 0 Å². The van der Waals surface area contributed by atoms with Crippen LogP contribution in [-0.2, 0) is 0 Å². The van der Waals surface area contributed by atoms with E-state index >= 15 is 0 Å². The van der Waals surface area contributed by atoms with Crippen LogP contribution in [0.4, 0.5) is 0 Å². The van der Waals surface area contributed by atoms with E-state index in [-0.39, 0.29) is 11.5 Å². The molecule has 1 fully saturated rings. The van der Waals surface area contributed by atoms with Crippen molar-refractivity contribution in [1.82, 2.24) is 4.90 Å². The summed E-state index contributed by atoms with van der Waals surface area (Å²) in [6.07, 6.45) is 3.46. The molecule has 0 spiro atoms. The molecule has 1 N–H and O–H groups in total. The van der Waals surface area contributed by atoms with E-state index in [4.69, 9.17) is 0 Å². The predicted octanol–water partition coefficient (Wildman–Crippen LogP) is 2.52. The van der Waals surface area contributed by atoms with Crippen LogP contribution in [0, 0.1) is 11.3 Å². The molecule has 15 heavy (non-hydrogen) atoms. The van der Waals surface area contributed by atoms with E-state index in [1.165, 1.54) is 25.8 Å². The molecule has 2 unspecified atom stereocenters. The zero-order valence-corrected chi connectivity index (χ0v) is 10.8. The SMILES string of the molecule is CCCN(CC)CC1CCC(C)(C)C1O. The van der Waals surface area contributed by atoms with E-state index in [1.807, 2.05) is 0 Å². The highest BCUT2D eigenvalue weighted by Gasteiger charge is 2.40. The highest BCUT2D eigenvalue weighted by Crippen LogP contribution is 2.41. The van der Waals surface area contributed by atoms with Gasteiger partial charge >= 0.3 is 0 Å². The van der Waals surface area contributed by atoms with Crippen molar-refractivity contribution < 1.29 is 5.11 Å². The standard InChI is InChI=1S/C13H27NO/c1-5-9-14(6-2)10-11-7-8-13(3,4)12(11)15/h11-12,15H,5-10H2,1-4H3. The summed E-state index contributed by atoms with van der Waals surface area (Å²) < 4.78 is 0. The van der Waals surface area contributed by atoms with Gasteiger partial charge in [0, 0.05) is 6.54 Å². The molecule has 0 radical (unpaired) electrons. The van der Waals surface area contributed by atoms with Gasteiger partial charge in [0.15, 0.2) is 0 Å². The summed E-state index contributed by atoms with van der Waals surface area (Å²) in [5, 5.41) is 10.2. The van der Waals surface area contributed by atoms with Crippen LogP contribution in [0.3, 0.4) is 0 Å². The van der Waals surface area contributed by atoms with E-state index in [9.17, 15) is 5.11 Å². The third-order valence-corrected chi connectivity index (χ3v) is 3.89. The Bertz CT molecular complexity index is 191. The van der Waals surface area contributed by atoms with Gasteiger partial charge in [-0.1, -0.05) is 27.7 Å². The first-order chi connectivity index (χ1) is 7.01. The first-order valence-corrected chi connectivity index (χ1v) is 6.41. The van der Waals surface area contributed by atoms with Crippen LogP contribution in [0.15, 0.2) is 0 Å². The molecule has 2 nitrogen and oxygen atoms in total. The van der Waals surface area contributed by atoms with Gasteiger partial charge in [0.05, 0.1) is 6.10 Å².